The molecule has 1 saturated heterocycles. The number of hydrogen-bond donors (Lipinski definition) is 4. The van der Waals surface area contributed by atoms with E-state index in [0.717, 1.165) is 43.1 Å². The van der Waals surface area contributed by atoms with Gasteiger partial charge in [-0.2, -0.15) is 0 Å². The number of aromatic amines is 1. The van der Waals surface area contributed by atoms with E-state index in [2.05, 4.69) is 20.5 Å². The van der Waals surface area contributed by atoms with Gasteiger partial charge in [0.05, 0.1) is 5.56 Å². The highest BCUT2D eigenvalue weighted by atomic mass is 16.1. The Morgan fingerprint density at radius 1 is 1.26 bits per heavy atom. The van der Waals surface area contributed by atoms with E-state index in [-0.39, 0.29) is 18.0 Å². The van der Waals surface area contributed by atoms with Crippen LogP contribution in [0.2, 0.25) is 0 Å². The van der Waals surface area contributed by atoms with Gasteiger partial charge >= 0.3 is 0 Å². The van der Waals surface area contributed by atoms with E-state index in [9.17, 15) is 9.59 Å². The summed E-state index contributed by atoms with van der Waals surface area (Å²) in [5.41, 5.74) is 3.97. The molecule has 27 heavy (non-hydrogen) atoms. The van der Waals surface area contributed by atoms with Gasteiger partial charge in [-0.15, -0.1) is 0 Å². The highest BCUT2D eigenvalue weighted by Crippen LogP contribution is 2.20. The number of benzene rings is 1. The molecule has 1 aliphatic heterocycles. The van der Waals surface area contributed by atoms with Gasteiger partial charge in [0.2, 0.25) is 0 Å². The lowest BCUT2D eigenvalue weighted by atomic mass is 10.0. The van der Waals surface area contributed by atoms with Crippen LogP contribution in [0, 0.1) is 19.3 Å². The van der Waals surface area contributed by atoms with E-state index in [1.54, 1.807) is 6.07 Å². The van der Waals surface area contributed by atoms with Gasteiger partial charge in [-0.1, -0.05) is 6.07 Å². The molecule has 3 rings (SSSR count). The van der Waals surface area contributed by atoms with Gasteiger partial charge in [0.1, 0.15) is 0 Å². The number of amides is 1. The summed E-state index contributed by atoms with van der Waals surface area (Å²) in [5.74, 6) is -0.287. The topological polar surface area (TPSA) is 101 Å². The van der Waals surface area contributed by atoms with Crippen molar-refractivity contribution in [1.82, 2.24) is 15.6 Å². The van der Waals surface area contributed by atoms with Crippen LogP contribution in [-0.4, -0.2) is 43.3 Å². The third-order valence-electron chi connectivity index (χ3n) is 4.84. The summed E-state index contributed by atoms with van der Waals surface area (Å²) in [7, 11) is 0. The Labute approximate surface area is 158 Å². The molecule has 0 unspecified atom stereocenters. The lowest BCUT2D eigenvalue weighted by Crippen LogP contribution is -2.43. The molecule has 1 aliphatic rings. The molecular formula is C20H25N5O2. The van der Waals surface area contributed by atoms with Crippen LogP contribution in [0.15, 0.2) is 29.1 Å². The predicted molar refractivity (Wildman–Crippen MR) is 107 cm³/mol. The van der Waals surface area contributed by atoms with Crippen molar-refractivity contribution in [2.75, 3.05) is 31.1 Å². The summed E-state index contributed by atoms with van der Waals surface area (Å²) in [6.07, 6.45) is 1.18. The molecule has 0 atom stereocenters. The van der Waals surface area contributed by atoms with Crippen molar-refractivity contribution in [3.63, 3.8) is 0 Å². The number of piperazine rings is 1. The van der Waals surface area contributed by atoms with Crippen LogP contribution < -0.4 is 21.1 Å². The molecule has 7 nitrogen and oxygen atoms in total. The number of carbonyl (C=O) groups excluding carboxylic acids is 1. The fraction of sp³-hybridized carbons (Fsp3) is 0.350. The monoisotopic (exact) mass is 367 g/mol. The van der Waals surface area contributed by atoms with Gasteiger partial charge in [-0.3, -0.25) is 9.59 Å². The smallest absolute Gasteiger partial charge is 0.253 e. The van der Waals surface area contributed by atoms with Crippen molar-refractivity contribution in [2.24, 2.45) is 0 Å². The van der Waals surface area contributed by atoms with Crippen LogP contribution in [0.5, 0.6) is 0 Å². The lowest BCUT2D eigenvalue weighted by Gasteiger charge is -2.30. The predicted octanol–water partition coefficient (Wildman–Crippen LogP) is 1.33. The van der Waals surface area contributed by atoms with Crippen LogP contribution in [-0.2, 0) is 6.54 Å². The zero-order valence-electron chi connectivity index (χ0n) is 15.7. The fourth-order valence-electron chi connectivity index (χ4n) is 3.35. The van der Waals surface area contributed by atoms with Crippen molar-refractivity contribution < 1.29 is 4.79 Å². The molecular weight excluding hydrogens is 342 g/mol. The first-order chi connectivity index (χ1) is 13.0. The van der Waals surface area contributed by atoms with Crippen molar-refractivity contribution >= 4 is 17.8 Å². The summed E-state index contributed by atoms with van der Waals surface area (Å²) >= 11 is 0. The SMILES string of the molecule is Cc1cc(C)c(CNC(=O)c2cc(N3CCNCC3)ccc2C=N)c(=O)[nH]1. The Balaban J connectivity index is 1.81. The maximum absolute atomic E-state index is 12.8. The van der Waals surface area contributed by atoms with E-state index in [4.69, 9.17) is 5.41 Å². The summed E-state index contributed by atoms with van der Waals surface area (Å²) in [6.45, 7) is 7.40. The van der Waals surface area contributed by atoms with Gasteiger partial charge in [0, 0.05) is 61.4 Å². The Morgan fingerprint density at radius 2 is 2.00 bits per heavy atom. The number of nitrogens with zero attached hydrogens (tertiary/aromatic N) is 1. The third kappa shape index (κ3) is 4.25. The minimum absolute atomic E-state index is 0.148. The Kier molecular flexibility index (Phi) is 5.71. The van der Waals surface area contributed by atoms with Crippen molar-refractivity contribution in [2.45, 2.75) is 20.4 Å². The first-order valence-corrected chi connectivity index (χ1v) is 9.07. The first-order valence-electron chi connectivity index (χ1n) is 9.07. The summed E-state index contributed by atoms with van der Waals surface area (Å²) in [5, 5.41) is 13.7. The molecule has 0 spiro atoms. The first kappa shape index (κ1) is 18.8. The molecule has 7 heteroatoms. The van der Waals surface area contributed by atoms with Crippen LogP contribution >= 0.6 is 0 Å². The lowest BCUT2D eigenvalue weighted by molar-refractivity contribution is 0.0950. The molecule has 0 saturated carbocycles. The second kappa shape index (κ2) is 8.18. The maximum atomic E-state index is 12.8. The largest absolute Gasteiger partial charge is 0.369 e. The number of anilines is 1. The number of carbonyl (C=O) groups is 1. The third-order valence-corrected chi connectivity index (χ3v) is 4.84. The molecule has 2 aromatic rings. The highest BCUT2D eigenvalue weighted by molar-refractivity contribution is 6.02. The van der Waals surface area contributed by atoms with E-state index >= 15 is 0 Å². The minimum atomic E-state index is -0.287. The molecule has 0 bridgehead atoms. The molecule has 0 radical (unpaired) electrons. The summed E-state index contributed by atoms with van der Waals surface area (Å²) in [4.78, 5) is 29.9. The van der Waals surface area contributed by atoms with Crippen molar-refractivity contribution in [1.29, 1.82) is 5.41 Å². The van der Waals surface area contributed by atoms with Crippen LogP contribution in [0.4, 0.5) is 5.69 Å². The molecule has 1 amide bonds. The zero-order valence-corrected chi connectivity index (χ0v) is 15.7. The van der Waals surface area contributed by atoms with Crippen molar-refractivity contribution in [3.05, 3.63) is 62.6 Å². The van der Waals surface area contributed by atoms with Gasteiger partial charge < -0.3 is 25.9 Å². The highest BCUT2D eigenvalue weighted by Gasteiger charge is 2.16. The second-order valence-electron chi connectivity index (χ2n) is 6.78. The van der Waals surface area contributed by atoms with Crippen LogP contribution in [0.3, 0.4) is 0 Å². The number of H-pyrrole nitrogens is 1. The van der Waals surface area contributed by atoms with E-state index in [0.29, 0.717) is 16.7 Å². The number of hydrogen-bond acceptors (Lipinski definition) is 5. The Hall–Kier alpha value is -2.93. The molecule has 1 fully saturated rings. The molecule has 0 aliphatic carbocycles. The van der Waals surface area contributed by atoms with Gasteiger partial charge in [0.15, 0.2) is 0 Å². The van der Waals surface area contributed by atoms with Gasteiger partial charge in [-0.05, 0) is 37.6 Å². The van der Waals surface area contributed by atoms with Gasteiger partial charge in [-0.25, -0.2) is 0 Å². The Morgan fingerprint density at radius 3 is 2.67 bits per heavy atom. The fourth-order valence-corrected chi connectivity index (χ4v) is 3.35. The number of rotatable bonds is 5. The molecule has 142 valence electrons. The summed E-state index contributed by atoms with van der Waals surface area (Å²) < 4.78 is 0. The Bertz CT molecular complexity index is 913. The number of aromatic nitrogens is 1. The average molecular weight is 367 g/mol. The molecule has 2 heterocycles. The summed E-state index contributed by atoms with van der Waals surface area (Å²) in [6, 6.07) is 7.45. The van der Waals surface area contributed by atoms with Crippen LogP contribution in [0.1, 0.15) is 32.7 Å². The van der Waals surface area contributed by atoms with Gasteiger partial charge in [0.25, 0.3) is 11.5 Å². The van der Waals surface area contributed by atoms with E-state index in [1.165, 1.54) is 6.21 Å². The molecule has 1 aromatic carbocycles. The molecule has 4 N–H and O–H groups in total. The average Bonchev–Trinajstić information content (AvgIpc) is 2.67. The van der Waals surface area contributed by atoms with Crippen molar-refractivity contribution in [3.8, 4) is 0 Å². The minimum Gasteiger partial charge on any atom is -0.369 e. The van der Waals surface area contributed by atoms with E-state index < -0.39 is 0 Å². The second-order valence-corrected chi connectivity index (χ2v) is 6.78. The zero-order chi connectivity index (χ0) is 19.4. The number of aryl methyl sites for hydroxylation is 2. The number of pyridine rings is 1. The number of nitrogens with one attached hydrogen (secondary N) is 4. The normalized spacial score (nSPS) is 14.1. The quantitative estimate of drug-likeness (QED) is 0.599. The maximum Gasteiger partial charge on any atom is 0.253 e. The standard InChI is InChI=1S/C20H25N5O2/c1-13-9-14(2)24-20(27)18(13)12-23-19(26)17-10-16(4-3-15(17)11-21)25-7-5-22-6-8-25/h3-4,9-11,21-22H,5-8,12H2,1-2H3,(H,23,26)(H,24,27). The van der Waals surface area contributed by atoms with Crippen LogP contribution in [0.25, 0.3) is 0 Å². The molecule has 1 aromatic heterocycles. The van der Waals surface area contributed by atoms with E-state index in [1.807, 2.05) is 32.0 Å².